The first kappa shape index (κ1) is 11.4. The highest BCUT2D eigenvalue weighted by molar-refractivity contribution is 5.90. The molecule has 1 fully saturated rings. The summed E-state index contributed by atoms with van der Waals surface area (Å²) in [4.78, 5) is 37.5. The molecule has 0 unspecified atom stereocenters. The van der Waals surface area contributed by atoms with Crippen LogP contribution in [-0.2, 0) is 4.79 Å². The van der Waals surface area contributed by atoms with Crippen LogP contribution in [0.2, 0.25) is 0 Å². The number of nitrogens with one attached hydrogen (secondary N) is 2. The van der Waals surface area contributed by atoms with E-state index in [-0.39, 0.29) is 23.6 Å². The highest BCUT2D eigenvalue weighted by atomic mass is 16.2. The van der Waals surface area contributed by atoms with Crippen LogP contribution in [0, 0.1) is 5.92 Å². The molecular weight excluding hydrogens is 226 g/mol. The predicted molar refractivity (Wildman–Crippen MR) is 57.0 cm³/mol. The van der Waals surface area contributed by atoms with E-state index < -0.39 is 5.69 Å². The number of amides is 2. The molecule has 92 valence electrons. The summed E-state index contributed by atoms with van der Waals surface area (Å²) < 4.78 is 0. The van der Waals surface area contributed by atoms with Gasteiger partial charge in [0, 0.05) is 19.0 Å². The Morgan fingerprint density at radius 3 is 2.47 bits per heavy atom. The van der Waals surface area contributed by atoms with Crippen molar-refractivity contribution in [1.82, 2.24) is 20.1 Å². The number of hydrogen-bond donors (Lipinski definition) is 3. The molecular formula is C9H13N5O3. The van der Waals surface area contributed by atoms with Gasteiger partial charge in [0.2, 0.25) is 11.7 Å². The van der Waals surface area contributed by atoms with E-state index in [1.54, 1.807) is 4.90 Å². The summed E-state index contributed by atoms with van der Waals surface area (Å²) in [7, 11) is 0. The number of likely N-dealkylation sites (tertiary alicyclic amines) is 1. The highest BCUT2D eigenvalue weighted by Crippen LogP contribution is 2.17. The Balaban J connectivity index is 1.99. The van der Waals surface area contributed by atoms with Crippen LogP contribution in [0.5, 0.6) is 0 Å². The van der Waals surface area contributed by atoms with Crippen molar-refractivity contribution in [2.45, 2.75) is 12.8 Å². The molecule has 0 radical (unpaired) electrons. The molecule has 0 aromatic carbocycles. The number of hydrogen-bond acceptors (Lipinski definition) is 4. The summed E-state index contributed by atoms with van der Waals surface area (Å²) in [6.45, 7) is 0.892. The molecule has 4 N–H and O–H groups in total. The Hall–Kier alpha value is -2.12. The van der Waals surface area contributed by atoms with E-state index in [2.05, 4.69) is 15.2 Å². The van der Waals surface area contributed by atoms with Crippen LogP contribution in [-0.4, -0.2) is 45.0 Å². The molecule has 2 amide bonds. The molecule has 1 saturated heterocycles. The van der Waals surface area contributed by atoms with Crippen molar-refractivity contribution < 1.29 is 9.59 Å². The summed E-state index contributed by atoms with van der Waals surface area (Å²) in [6, 6.07) is 0. The fourth-order valence-corrected chi connectivity index (χ4v) is 1.89. The second-order valence-corrected chi connectivity index (χ2v) is 4.00. The zero-order valence-electron chi connectivity index (χ0n) is 9.10. The number of nitrogens with zero attached hydrogens (tertiary/aromatic N) is 2. The van der Waals surface area contributed by atoms with Crippen LogP contribution in [0.1, 0.15) is 23.5 Å². The molecule has 1 aromatic heterocycles. The van der Waals surface area contributed by atoms with E-state index >= 15 is 0 Å². The maximum absolute atomic E-state index is 11.8. The standard InChI is InChI=1S/C9H13N5O3/c10-6(15)5-1-3-14(4-2-5)8(16)7-11-9(17)13-12-7/h5H,1-4H2,(H2,10,15)(H2,11,12,13,17). The lowest BCUT2D eigenvalue weighted by molar-refractivity contribution is -0.123. The second-order valence-electron chi connectivity index (χ2n) is 4.00. The third-order valence-electron chi connectivity index (χ3n) is 2.89. The van der Waals surface area contributed by atoms with Gasteiger partial charge in [-0.3, -0.25) is 14.6 Å². The Morgan fingerprint density at radius 2 is 2.00 bits per heavy atom. The molecule has 0 saturated carbocycles. The zero-order valence-corrected chi connectivity index (χ0v) is 9.10. The summed E-state index contributed by atoms with van der Waals surface area (Å²) >= 11 is 0. The molecule has 2 heterocycles. The van der Waals surface area contributed by atoms with Gasteiger partial charge in [0.15, 0.2) is 0 Å². The van der Waals surface area contributed by atoms with Crippen molar-refractivity contribution in [3.63, 3.8) is 0 Å². The number of piperidine rings is 1. The van der Waals surface area contributed by atoms with Crippen molar-refractivity contribution in [2.75, 3.05) is 13.1 Å². The average molecular weight is 239 g/mol. The van der Waals surface area contributed by atoms with Gasteiger partial charge in [0.1, 0.15) is 0 Å². The molecule has 0 atom stereocenters. The maximum atomic E-state index is 11.8. The van der Waals surface area contributed by atoms with Crippen LogP contribution in [0.25, 0.3) is 0 Å². The Kier molecular flexibility index (Phi) is 2.94. The number of H-pyrrole nitrogens is 2. The molecule has 8 heteroatoms. The average Bonchev–Trinajstić information content (AvgIpc) is 2.75. The van der Waals surface area contributed by atoms with Gasteiger partial charge in [-0.05, 0) is 12.8 Å². The molecule has 8 nitrogen and oxygen atoms in total. The summed E-state index contributed by atoms with van der Waals surface area (Å²) in [5.74, 6) is -0.846. The molecule has 1 aliphatic heterocycles. The number of carbonyl (C=O) groups excluding carboxylic acids is 2. The van der Waals surface area contributed by atoms with Gasteiger partial charge in [0.25, 0.3) is 5.91 Å². The number of nitrogens with two attached hydrogens (primary N) is 1. The fourth-order valence-electron chi connectivity index (χ4n) is 1.89. The van der Waals surface area contributed by atoms with E-state index in [0.29, 0.717) is 25.9 Å². The van der Waals surface area contributed by atoms with Crippen LogP contribution < -0.4 is 11.4 Å². The first-order valence-electron chi connectivity index (χ1n) is 5.31. The monoisotopic (exact) mass is 239 g/mol. The van der Waals surface area contributed by atoms with Gasteiger partial charge >= 0.3 is 5.69 Å². The van der Waals surface area contributed by atoms with Crippen molar-refractivity contribution in [1.29, 1.82) is 0 Å². The Labute approximate surface area is 96.2 Å². The number of rotatable bonds is 2. The van der Waals surface area contributed by atoms with Crippen molar-refractivity contribution in [3.8, 4) is 0 Å². The number of aromatic nitrogens is 3. The molecule has 0 spiro atoms. The topological polar surface area (TPSA) is 125 Å². The van der Waals surface area contributed by atoms with E-state index in [9.17, 15) is 14.4 Å². The summed E-state index contributed by atoms with van der Waals surface area (Å²) in [5.41, 5.74) is 4.68. The summed E-state index contributed by atoms with van der Waals surface area (Å²) in [6.07, 6.45) is 1.10. The van der Waals surface area contributed by atoms with Gasteiger partial charge in [0.05, 0.1) is 0 Å². The first-order chi connectivity index (χ1) is 8.08. The van der Waals surface area contributed by atoms with Gasteiger partial charge in [-0.1, -0.05) is 0 Å². The van der Waals surface area contributed by atoms with Crippen molar-refractivity contribution >= 4 is 11.8 Å². The fraction of sp³-hybridized carbons (Fsp3) is 0.556. The van der Waals surface area contributed by atoms with Crippen LogP contribution in [0.15, 0.2) is 4.79 Å². The number of primary amides is 1. The molecule has 0 bridgehead atoms. The Morgan fingerprint density at radius 1 is 1.35 bits per heavy atom. The number of carbonyl (C=O) groups is 2. The third-order valence-corrected chi connectivity index (χ3v) is 2.89. The van der Waals surface area contributed by atoms with E-state index in [4.69, 9.17) is 5.73 Å². The minimum Gasteiger partial charge on any atom is -0.369 e. The number of aromatic amines is 2. The molecule has 0 aliphatic carbocycles. The van der Waals surface area contributed by atoms with Crippen molar-refractivity contribution in [3.05, 3.63) is 16.3 Å². The molecule has 1 aromatic rings. The smallest absolute Gasteiger partial charge is 0.341 e. The first-order valence-corrected chi connectivity index (χ1v) is 5.31. The van der Waals surface area contributed by atoms with Crippen LogP contribution >= 0.6 is 0 Å². The second kappa shape index (κ2) is 4.40. The van der Waals surface area contributed by atoms with E-state index in [1.165, 1.54) is 0 Å². The van der Waals surface area contributed by atoms with Crippen LogP contribution in [0.4, 0.5) is 0 Å². The maximum Gasteiger partial charge on any atom is 0.341 e. The highest BCUT2D eigenvalue weighted by Gasteiger charge is 2.27. The van der Waals surface area contributed by atoms with E-state index in [0.717, 1.165) is 0 Å². The minimum absolute atomic E-state index is 0.00692. The molecule has 2 rings (SSSR count). The normalized spacial score (nSPS) is 17.1. The van der Waals surface area contributed by atoms with Gasteiger partial charge in [-0.25, -0.2) is 9.89 Å². The summed E-state index contributed by atoms with van der Waals surface area (Å²) in [5, 5.41) is 5.70. The minimum atomic E-state index is -0.514. The largest absolute Gasteiger partial charge is 0.369 e. The van der Waals surface area contributed by atoms with Crippen molar-refractivity contribution in [2.24, 2.45) is 11.7 Å². The quantitative estimate of drug-likeness (QED) is 0.576. The SMILES string of the molecule is NC(=O)C1CCN(C(=O)c2n[nH]c(=O)[nH]2)CC1. The lowest BCUT2D eigenvalue weighted by atomic mass is 9.96. The lowest BCUT2D eigenvalue weighted by Crippen LogP contribution is -2.42. The van der Waals surface area contributed by atoms with Gasteiger partial charge < -0.3 is 10.6 Å². The predicted octanol–water partition coefficient (Wildman–Crippen LogP) is -1.56. The van der Waals surface area contributed by atoms with Crippen LogP contribution in [0.3, 0.4) is 0 Å². The van der Waals surface area contributed by atoms with Gasteiger partial charge in [-0.2, -0.15) is 0 Å². The Bertz CT molecular complexity index is 483. The van der Waals surface area contributed by atoms with Gasteiger partial charge in [-0.15, -0.1) is 5.10 Å². The molecule has 1 aliphatic rings. The third kappa shape index (κ3) is 2.35. The lowest BCUT2D eigenvalue weighted by Gasteiger charge is -2.29. The zero-order chi connectivity index (χ0) is 12.4. The van der Waals surface area contributed by atoms with E-state index in [1.807, 2.05) is 0 Å². The molecule has 17 heavy (non-hydrogen) atoms.